The zero-order chi connectivity index (χ0) is 10.8. The lowest BCUT2D eigenvalue weighted by Crippen LogP contribution is -2.03. The molecule has 0 spiro atoms. The van der Waals surface area contributed by atoms with E-state index in [-0.39, 0.29) is 11.8 Å². The Bertz CT molecular complexity index is 613. The van der Waals surface area contributed by atoms with Gasteiger partial charge < -0.3 is 4.42 Å². The summed E-state index contributed by atoms with van der Waals surface area (Å²) in [7, 11) is 0. The monoisotopic (exact) mass is 220 g/mol. The second-order valence-electron chi connectivity index (χ2n) is 2.84. The van der Waals surface area contributed by atoms with Crippen LogP contribution < -0.4 is 5.63 Å². The number of benzene rings is 1. The Morgan fingerprint density at radius 1 is 1.53 bits per heavy atom. The molecule has 0 saturated heterocycles. The molecule has 4 nitrogen and oxygen atoms in total. The fourth-order valence-corrected chi connectivity index (χ4v) is 1.35. The Morgan fingerprint density at radius 2 is 2.33 bits per heavy atom. The van der Waals surface area contributed by atoms with E-state index in [0.717, 1.165) is 0 Å². The Morgan fingerprint density at radius 3 is 3.00 bits per heavy atom. The maximum absolute atomic E-state index is 11.5. The van der Waals surface area contributed by atoms with E-state index in [2.05, 4.69) is 9.83 Å². The Hall–Kier alpha value is -1.86. The normalized spacial score (nSPS) is 10.1. The molecule has 0 bridgehead atoms. The van der Waals surface area contributed by atoms with Crippen molar-refractivity contribution >= 4 is 28.2 Å². The van der Waals surface area contributed by atoms with Crippen molar-refractivity contribution in [2.45, 2.75) is 5.88 Å². The molecule has 0 atom stereocenters. The van der Waals surface area contributed by atoms with Crippen molar-refractivity contribution < 1.29 is 4.42 Å². The molecular formula is C10H5ClN2O2. The molecule has 5 heteroatoms. The second-order valence-corrected chi connectivity index (χ2v) is 3.11. The molecule has 0 N–H and O–H groups in total. The minimum Gasteiger partial charge on any atom is -0.407 e. The van der Waals surface area contributed by atoms with Crippen LogP contribution in [0, 0.1) is 6.57 Å². The lowest BCUT2D eigenvalue weighted by Gasteiger charge is -1.98. The van der Waals surface area contributed by atoms with Gasteiger partial charge in [0.2, 0.25) is 5.89 Å². The van der Waals surface area contributed by atoms with Crippen LogP contribution in [0.15, 0.2) is 27.4 Å². The van der Waals surface area contributed by atoms with E-state index < -0.39 is 5.63 Å². The molecule has 0 aliphatic rings. The van der Waals surface area contributed by atoms with Gasteiger partial charge in [-0.05, 0) is 12.1 Å². The number of rotatable bonds is 1. The highest BCUT2D eigenvalue weighted by Crippen LogP contribution is 2.17. The topological polar surface area (TPSA) is 47.5 Å². The molecule has 2 aromatic rings. The van der Waals surface area contributed by atoms with Gasteiger partial charge in [-0.3, -0.25) is 0 Å². The van der Waals surface area contributed by atoms with Gasteiger partial charge in [-0.25, -0.2) is 14.6 Å². The molecule has 0 radical (unpaired) electrons. The molecule has 74 valence electrons. The molecule has 0 aliphatic heterocycles. The third kappa shape index (κ3) is 1.69. The van der Waals surface area contributed by atoms with Gasteiger partial charge >= 0.3 is 5.63 Å². The third-order valence-corrected chi connectivity index (χ3v) is 2.13. The lowest BCUT2D eigenvalue weighted by molar-refractivity contribution is 0.462. The summed E-state index contributed by atoms with van der Waals surface area (Å²) in [6.45, 7) is 6.82. The first-order valence-electron chi connectivity index (χ1n) is 4.12. The first kappa shape index (κ1) is 9.69. The number of hydrogen-bond donors (Lipinski definition) is 0. The maximum Gasteiger partial charge on any atom is 0.345 e. The second kappa shape index (κ2) is 3.71. The SMILES string of the molecule is [C-]#[N+]c1ccc2nc(CCl)oc(=O)c2c1. The number of nitrogens with zero attached hydrogens (tertiary/aromatic N) is 2. The van der Waals surface area contributed by atoms with Gasteiger partial charge in [-0.15, -0.1) is 11.6 Å². The standard InChI is InChI=1S/C10H5ClN2O2/c1-12-6-2-3-8-7(4-6)10(14)15-9(5-11)13-8/h2-4H,5H2. The van der Waals surface area contributed by atoms with Crippen LogP contribution in [0.2, 0.25) is 0 Å². The Balaban J connectivity index is 2.81. The average molecular weight is 221 g/mol. The van der Waals surface area contributed by atoms with Crippen molar-refractivity contribution in [3.8, 4) is 0 Å². The molecule has 0 aliphatic carbocycles. The summed E-state index contributed by atoms with van der Waals surface area (Å²) in [6, 6.07) is 4.66. The number of fused-ring (bicyclic) bond motifs is 1. The van der Waals surface area contributed by atoms with Crippen LogP contribution in [0.3, 0.4) is 0 Å². The Kier molecular flexibility index (Phi) is 2.40. The van der Waals surface area contributed by atoms with Gasteiger partial charge in [0.05, 0.1) is 23.4 Å². The number of alkyl halides is 1. The predicted octanol–water partition coefficient (Wildman–Crippen LogP) is 2.48. The van der Waals surface area contributed by atoms with Crippen LogP contribution in [0.1, 0.15) is 5.89 Å². The van der Waals surface area contributed by atoms with Crippen LogP contribution in [0.4, 0.5) is 5.69 Å². The Labute approximate surface area is 89.9 Å². The summed E-state index contributed by atoms with van der Waals surface area (Å²) in [5.41, 5.74) is 0.366. The molecule has 2 rings (SSSR count). The van der Waals surface area contributed by atoms with E-state index >= 15 is 0 Å². The summed E-state index contributed by atoms with van der Waals surface area (Å²) in [5.74, 6) is 0.236. The molecule has 15 heavy (non-hydrogen) atoms. The van der Waals surface area contributed by atoms with Crippen LogP contribution >= 0.6 is 11.6 Å². The molecule has 1 aromatic carbocycles. The maximum atomic E-state index is 11.5. The van der Waals surface area contributed by atoms with Crippen molar-refractivity contribution in [3.05, 3.63) is 45.9 Å². The van der Waals surface area contributed by atoms with Gasteiger partial charge in [-0.2, -0.15) is 0 Å². The largest absolute Gasteiger partial charge is 0.407 e. The highest BCUT2D eigenvalue weighted by atomic mass is 35.5. The quantitative estimate of drug-likeness (QED) is 0.548. The zero-order valence-electron chi connectivity index (χ0n) is 7.53. The van der Waals surface area contributed by atoms with Gasteiger partial charge in [0, 0.05) is 0 Å². The van der Waals surface area contributed by atoms with E-state index in [4.69, 9.17) is 22.6 Å². The average Bonchev–Trinajstić information content (AvgIpc) is 2.28. The molecule has 0 saturated carbocycles. The van der Waals surface area contributed by atoms with Crippen molar-refractivity contribution in [2.24, 2.45) is 0 Å². The molecule has 1 aromatic heterocycles. The molecule has 1 heterocycles. The minimum absolute atomic E-state index is 0.0513. The lowest BCUT2D eigenvalue weighted by atomic mass is 10.2. The van der Waals surface area contributed by atoms with Gasteiger partial charge in [-0.1, -0.05) is 6.07 Å². The van der Waals surface area contributed by atoms with E-state index in [1.165, 1.54) is 6.07 Å². The highest BCUT2D eigenvalue weighted by molar-refractivity contribution is 6.16. The number of halogens is 1. The van der Waals surface area contributed by atoms with Crippen molar-refractivity contribution in [3.63, 3.8) is 0 Å². The van der Waals surface area contributed by atoms with Crippen molar-refractivity contribution in [1.29, 1.82) is 0 Å². The number of hydrogen-bond acceptors (Lipinski definition) is 3. The fraction of sp³-hybridized carbons (Fsp3) is 0.100. The first-order chi connectivity index (χ1) is 7.24. The van der Waals surface area contributed by atoms with Crippen LogP contribution in [0.5, 0.6) is 0 Å². The highest BCUT2D eigenvalue weighted by Gasteiger charge is 2.05. The molecule has 0 amide bonds. The third-order valence-electron chi connectivity index (χ3n) is 1.90. The summed E-state index contributed by atoms with van der Waals surface area (Å²) >= 11 is 5.51. The van der Waals surface area contributed by atoms with Crippen LogP contribution in [-0.2, 0) is 5.88 Å². The van der Waals surface area contributed by atoms with Gasteiger partial charge in [0.15, 0.2) is 5.69 Å². The summed E-state index contributed by atoms with van der Waals surface area (Å²) in [5, 5.41) is 0.303. The molecule has 0 unspecified atom stereocenters. The van der Waals surface area contributed by atoms with Crippen molar-refractivity contribution in [1.82, 2.24) is 4.98 Å². The summed E-state index contributed by atoms with van der Waals surface area (Å²) in [6.07, 6.45) is 0. The van der Waals surface area contributed by atoms with E-state index in [9.17, 15) is 4.79 Å². The smallest absolute Gasteiger partial charge is 0.345 e. The fourth-order valence-electron chi connectivity index (χ4n) is 1.23. The molecular weight excluding hydrogens is 216 g/mol. The van der Waals surface area contributed by atoms with Crippen LogP contribution in [0.25, 0.3) is 15.7 Å². The van der Waals surface area contributed by atoms with Crippen LogP contribution in [-0.4, -0.2) is 4.98 Å². The summed E-state index contributed by atoms with van der Waals surface area (Å²) in [4.78, 5) is 18.7. The van der Waals surface area contributed by atoms with E-state index in [1.54, 1.807) is 12.1 Å². The summed E-state index contributed by atoms with van der Waals surface area (Å²) < 4.78 is 4.84. The molecule has 0 fully saturated rings. The van der Waals surface area contributed by atoms with E-state index in [1.807, 2.05) is 0 Å². The van der Waals surface area contributed by atoms with Crippen molar-refractivity contribution in [2.75, 3.05) is 0 Å². The zero-order valence-corrected chi connectivity index (χ0v) is 8.28. The van der Waals surface area contributed by atoms with Gasteiger partial charge in [0.1, 0.15) is 0 Å². The predicted molar refractivity (Wildman–Crippen MR) is 56.1 cm³/mol. The first-order valence-corrected chi connectivity index (χ1v) is 4.65. The number of aromatic nitrogens is 1. The van der Waals surface area contributed by atoms with Gasteiger partial charge in [0.25, 0.3) is 0 Å². The minimum atomic E-state index is -0.513. The van der Waals surface area contributed by atoms with E-state index in [0.29, 0.717) is 16.6 Å².